The zero-order valence-corrected chi connectivity index (χ0v) is 14.2. The molecular formula is C18H17ClN4O2. The van der Waals surface area contributed by atoms with Crippen LogP contribution in [0.2, 0.25) is 5.15 Å². The van der Waals surface area contributed by atoms with Crippen LogP contribution in [0, 0.1) is 0 Å². The summed E-state index contributed by atoms with van der Waals surface area (Å²) in [5.41, 5.74) is 1.86. The second kappa shape index (κ2) is 6.37. The second-order valence-electron chi connectivity index (χ2n) is 6.22. The van der Waals surface area contributed by atoms with E-state index in [4.69, 9.17) is 11.6 Å². The maximum absolute atomic E-state index is 11.7. The topological polar surface area (TPSA) is 70.7 Å². The third kappa shape index (κ3) is 2.82. The predicted octanol–water partition coefficient (Wildman–Crippen LogP) is 3.46. The van der Waals surface area contributed by atoms with Gasteiger partial charge in [0.15, 0.2) is 5.15 Å². The number of rotatable bonds is 3. The van der Waals surface area contributed by atoms with Gasteiger partial charge < -0.3 is 10.0 Å². The van der Waals surface area contributed by atoms with Gasteiger partial charge in [0.05, 0.1) is 6.20 Å². The van der Waals surface area contributed by atoms with Crippen LogP contribution >= 0.6 is 11.6 Å². The molecule has 2 atom stereocenters. The minimum atomic E-state index is -0.885. The van der Waals surface area contributed by atoms with Gasteiger partial charge in [-0.2, -0.15) is 0 Å². The molecule has 1 aliphatic rings. The van der Waals surface area contributed by atoms with E-state index in [1.165, 1.54) is 4.90 Å². The highest BCUT2D eigenvalue weighted by molar-refractivity contribution is 6.32. The van der Waals surface area contributed by atoms with Crippen molar-refractivity contribution in [1.29, 1.82) is 0 Å². The number of halogens is 1. The number of carbonyl (C=O) groups is 1. The SMILES string of the molecule is O=C(O)N1CCC(c2ncc3c(Cl)nccn23)C1Cc1ccccc1. The van der Waals surface area contributed by atoms with Gasteiger partial charge in [-0.3, -0.25) is 4.40 Å². The van der Waals surface area contributed by atoms with E-state index >= 15 is 0 Å². The highest BCUT2D eigenvalue weighted by atomic mass is 35.5. The molecular weight excluding hydrogens is 340 g/mol. The Kier molecular flexibility index (Phi) is 4.05. The summed E-state index contributed by atoms with van der Waals surface area (Å²) in [5.74, 6) is 0.848. The van der Waals surface area contributed by atoms with Crippen LogP contribution in [-0.4, -0.2) is 43.1 Å². The standard InChI is InChI=1S/C18H17ClN4O2/c19-16-15-11-21-17(22(15)9-7-20-16)13-6-8-23(18(24)25)14(13)10-12-4-2-1-3-5-12/h1-5,7,9,11,13-14H,6,8,10H2,(H,24,25). The van der Waals surface area contributed by atoms with Crippen LogP contribution in [0.25, 0.3) is 5.52 Å². The molecule has 7 heteroatoms. The van der Waals surface area contributed by atoms with E-state index in [-0.39, 0.29) is 12.0 Å². The molecule has 1 aliphatic heterocycles. The summed E-state index contributed by atoms with van der Waals surface area (Å²) in [6, 6.07) is 9.81. The quantitative estimate of drug-likeness (QED) is 0.780. The van der Waals surface area contributed by atoms with E-state index in [1.54, 1.807) is 12.4 Å². The first-order chi connectivity index (χ1) is 12.1. The number of carboxylic acid groups (broad SMARTS) is 1. The third-order valence-corrected chi connectivity index (χ3v) is 5.14. The summed E-state index contributed by atoms with van der Waals surface area (Å²) < 4.78 is 1.92. The molecule has 0 aliphatic carbocycles. The molecule has 1 saturated heterocycles. The van der Waals surface area contributed by atoms with Crippen LogP contribution in [0.4, 0.5) is 4.79 Å². The maximum Gasteiger partial charge on any atom is 0.407 e. The Hall–Kier alpha value is -2.60. The molecule has 4 rings (SSSR count). The van der Waals surface area contributed by atoms with Gasteiger partial charge in [-0.15, -0.1) is 0 Å². The number of amides is 1. The Morgan fingerprint density at radius 3 is 2.84 bits per heavy atom. The van der Waals surface area contributed by atoms with Gasteiger partial charge in [-0.1, -0.05) is 41.9 Å². The van der Waals surface area contributed by atoms with Gasteiger partial charge in [0.1, 0.15) is 11.3 Å². The summed E-state index contributed by atoms with van der Waals surface area (Å²) in [7, 11) is 0. The lowest BCUT2D eigenvalue weighted by atomic mass is 9.93. The largest absolute Gasteiger partial charge is 0.465 e. The Morgan fingerprint density at radius 2 is 2.08 bits per heavy atom. The van der Waals surface area contributed by atoms with E-state index < -0.39 is 6.09 Å². The smallest absolute Gasteiger partial charge is 0.407 e. The Balaban J connectivity index is 1.73. The van der Waals surface area contributed by atoms with Gasteiger partial charge >= 0.3 is 6.09 Å². The lowest BCUT2D eigenvalue weighted by Gasteiger charge is -2.25. The van der Waals surface area contributed by atoms with Crippen LogP contribution in [0.15, 0.2) is 48.9 Å². The van der Waals surface area contributed by atoms with Crippen molar-refractivity contribution in [2.45, 2.75) is 24.8 Å². The van der Waals surface area contributed by atoms with E-state index in [0.717, 1.165) is 23.3 Å². The molecule has 0 bridgehead atoms. The molecule has 0 saturated carbocycles. The van der Waals surface area contributed by atoms with E-state index in [9.17, 15) is 9.90 Å². The Labute approximate surface area is 149 Å². The van der Waals surface area contributed by atoms with Crippen LogP contribution in [-0.2, 0) is 6.42 Å². The molecule has 1 aromatic carbocycles. The Bertz CT molecular complexity index is 912. The fourth-order valence-corrected chi connectivity index (χ4v) is 3.89. The molecule has 3 aromatic rings. The average molecular weight is 357 g/mol. The number of imidazole rings is 1. The first kappa shape index (κ1) is 15.9. The van der Waals surface area contributed by atoms with Gasteiger partial charge in [-0.25, -0.2) is 14.8 Å². The molecule has 1 fully saturated rings. The Morgan fingerprint density at radius 1 is 1.28 bits per heavy atom. The van der Waals surface area contributed by atoms with Crippen molar-refractivity contribution < 1.29 is 9.90 Å². The van der Waals surface area contributed by atoms with Crippen LogP contribution in [0.3, 0.4) is 0 Å². The van der Waals surface area contributed by atoms with E-state index in [1.807, 2.05) is 40.9 Å². The number of hydrogen-bond acceptors (Lipinski definition) is 3. The zero-order valence-electron chi connectivity index (χ0n) is 13.4. The van der Waals surface area contributed by atoms with E-state index in [0.29, 0.717) is 18.1 Å². The van der Waals surface area contributed by atoms with Gasteiger partial charge in [0.2, 0.25) is 0 Å². The number of nitrogens with zero attached hydrogens (tertiary/aromatic N) is 4. The fraction of sp³-hybridized carbons (Fsp3) is 0.278. The summed E-state index contributed by atoms with van der Waals surface area (Å²) in [5, 5.41) is 10.00. The first-order valence-corrected chi connectivity index (χ1v) is 8.54. The number of hydrogen-bond donors (Lipinski definition) is 1. The van der Waals surface area contributed by atoms with Gasteiger partial charge in [-0.05, 0) is 18.4 Å². The predicted molar refractivity (Wildman–Crippen MR) is 94.0 cm³/mol. The second-order valence-corrected chi connectivity index (χ2v) is 6.58. The monoisotopic (exact) mass is 356 g/mol. The molecule has 0 spiro atoms. The molecule has 1 N–H and O–H groups in total. The van der Waals surface area contributed by atoms with Gasteiger partial charge in [0.25, 0.3) is 0 Å². The molecule has 2 aromatic heterocycles. The minimum absolute atomic E-state index is 0.0114. The van der Waals surface area contributed by atoms with Crippen molar-refractivity contribution in [2.75, 3.05) is 6.54 Å². The lowest BCUT2D eigenvalue weighted by molar-refractivity contribution is 0.138. The van der Waals surface area contributed by atoms with Gasteiger partial charge in [0, 0.05) is 30.9 Å². The number of likely N-dealkylation sites (tertiary alicyclic amines) is 1. The molecule has 6 nitrogen and oxygen atoms in total. The van der Waals surface area contributed by atoms with Crippen molar-refractivity contribution >= 4 is 23.2 Å². The molecule has 1 amide bonds. The highest BCUT2D eigenvalue weighted by Crippen LogP contribution is 2.35. The maximum atomic E-state index is 11.7. The number of aromatic nitrogens is 3. The molecule has 25 heavy (non-hydrogen) atoms. The number of benzene rings is 1. The van der Waals surface area contributed by atoms with E-state index in [2.05, 4.69) is 9.97 Å². The van der Waals surface area contributed by atoms with Crippen molar-refractivity contribution in [3.05, 3.63) is 65.5 Å². The molecule has 3 heterocycles. The summed E-state index contributed by atoms with van der Waals surface area (Å²) in [4.78, 5) is 21.9. The highest BCUT2D eigenvalue weighted by Gasteiger charge is 2.40. The summed E-state index contributed by atoms with van der Waals surface area (Å²) in [6.07, 6.45) is 5.68. The van der Waals surface area contributed by atoms with Crippen LogP contribution in [0.1, 0.15) is 23.7 Å². The molecule has 2 unspecified atom stereocenters. The summed E-state index contributed by atoms with van der Waals surface area (Å²) in [6.45, 7) is 0.505. The van der Waals surface area contributed by atoms with Crippen molar-refractivity contribution in [2.24, 2.45) is 0 Å². The average Bonchev–Trinajstić information content (AvgIpc) is 3.20. The fourth-order valence-electron chi connectivity index (χ4n) is 3.69. The number of fused-ring (bicyclic) bond motifs is 1. The normalized spacial score (nSPS) is 20.3. The zero-order chi connectivity index (χ0) is 17.4. The van der Waals surface area contributed by atoms with Crippen LogP contribution in [0.5, 0.6) is 0 Å². The van der Waals surface area contributed by atoms with Crippen molar-refractivity contribution in [3.8, 4) is 0 Å². The summed E-state index contributed by atoms with van der Waals surface area (Å²) >= 11 is 6.15. The third-order valence-electron chi connectivity index (χ3n) is 4.85. The molecule has 128 valence electrons. The lowest BCUT2D eigenvalue weighted by Crippen LogP contribution is -2.38. The van der Waals surface area contributed by atoms with Crippen molar-refractivity contribution in [1.82, 2.24) is 19.3 Å². The minimum Gasteiger partial charge on any atom is -0.465 e. The first-order valence-electron chi connectivity index (χ1n) is 8.16. The van der Waals surface area contributed by atoms with Crippen molar-refractivity contribution in [3.63, 3.8) is 0 Å². The molecule has 0 radical (unpaired) electrons. The van der Waals surface area contributed by atoms with Crippen LogP contribution < -0.4 is 0 Å².